The van der Waals surface area contributed by atoms with Crippen LogP contribution in [0.15, 0.2) is 16.8 Å². The van der Waals surface area contributed by atoms with E-state index in [1.165, 1.54) is 6.92 Å². The lowest BCUT2D eigenvalue weighted by atomic mass is 9.92. The number of aliphatic imine (C=N–C) groups is 1. The van der Waals surface area contributed by atoms with Gasteiger partial charge >= 0.3 is 24.2 Å². The Balaban J connectivity index is 0.00000191. The van der Waals surface area contributed by atoms with E-state index in [2.05, 4.69) is 22.5 Å². The minimum Gasteiger partial charge on any atom is -0.477 e. The predicted molar refractivity (Wildman–Crippen MR) is 132 cm³/mol. The number of hydrogen-bond acceptors (Lipinski definition) is 9. The summed E-state index contributed by atoms with van der Waals surface area (Å²) in [4.78, 5) is 48.5. The fraction of sp³-hybridized carbons (Fsp3) is 0.682. The van der Waals surface area contributed by atoms with E-state index in [0.717, 1.165) is 38.2 Å². The van der Waals surface area contributed by atoms with Gasteiger partial charge in [-0.2, -0.15) is 13.2 Å². The Hall–Kier alpha value is -3.80. The van der Waals surface area contributed by atoms with Crippen molar-refractivity contribution in [3.8, 4) is 0 Å². The molecule has 2 amide bonds. The fourth-order valence-electron chi connectivity index (χ4n) is 3.35. The van der Waals surface area contributed by atoms with E-state index < -0.39 is 78.8 Å². The first-order chi connectivity index (χ1) is 18.5. The van der Waals surface area contributed by atoms with Gasteiger partial charge in [-0.05, 0) is 12.5 Å². The molecule has 1 rings (SSSR count). The SMILES string of the molecule is CCCCCCCNC(=O)OC(C(O)CO)[C@@H]1OC(C(=O)O)=C[C@H](N=C(N)N)[C@H]1NC(C)=O.O=C(O)C(F)(F)F. The number of alkyl carbamates (subject to hydrolysis) is 1. The zero-order valence-corrected chi connectivity index (χ0v) is 21.9. The number of hydrogen-bond donors (Lipinski definition) is 8. The average Bonchev–Trinajstić information content (AvgIpc) is 2.84. The Labute approximate surface area is 227 Å². The van der Waals surface area contributed by atoms with Gasteiger partial charge in [0.15, 0.2) is 18.2 Å². The average molecular weight is 588 g/mol. The number of guanidine groups is 1. The second-order valence-electron chi connectivity index (χ2n) is 8.45. The van der Waals surface area contributed by atoms with Crippen molar-refractivity contribution in [3.63, 3.8) is 0 Å². The third-order valence-corrected chi connectivity index (χ3v) is 5.11. The summed E-state index contributed by atoms with van der Waals surface area (Å²) in [5.74, 6) is -5.73. The topological polar surface area (TPSA) is 256 Å². The number of halogens is 3. The van der Waals surface area contributed by atoms with Crippen LogP contribution in [0.1, 0.15) is 46.0 Å². The molecule has 0 spiro atoms. The zero-order chi connectivity index (χ0) is 31.0. The molecule has 0 bridgehead atoms. The number of carboxylic acid groups (broad SMARTS) is 2. The molecule has 0 aromatic rings. The molecule has 1 heterocycles. The van der Waals surface area contributed by atoms with Crippen LogP contribution in [-0.4, -0.2) is 100 Å². The smallest absolute Gasteiger partial charge is 0.477 e. The quantitative estimate of drug-likeness (QED) is 0.0774. The first kappa shape index (κ1) is 36.2. The van der Waals surface area contributed by atoms with Gasteiger partial charge in [0, 0.05) is 13.5 Å². The Morgan fingerprint density at radius 3 is 2.17 bits per heavy atom. The number of carbonyl (C=O) groups excluding carboxylic acids is 2. The van der Waals surface area contributed by atoms with Crippen LogP contribution < -0.4 is 22.1 Å². The number of carbonyl (C=O) groups is 4. The molecule has 0 saturated heterocycles. The second kappa shape index (κ2) is 17.7. The lowest BCUT2D eigenvalue weighted by molar-refractivity contribution is -0.192. The molecular formula is C22H36F3N5O10. The number of nitrogens with one attached hydrogen (secondary N) is 2. The number of rotatable bonds is 13. The summed E-state index contributed by atoms with van der Waals surface area (Å²) >= 11 is 0. The third-order valence-electron chi connectivity index (χ3n) is 5.11. The van der Waals surface area contributed by atoms with Crippen molar-refractivity contribution in [2.24, 2.45) is 16.5 Å². The summed E-state index contributed by atoms with van der Waals surface area (Å²) in [6.07, 6.45) is -4.72. The van der Waals surface area contributed by atoms with E-state index in [1.807, 2.05) is 0 Å². The van der Waals surface area contributed by atoms with Crippen LogP contribution in [0.5, 0.6) is 0 Å². The minimum atomic E-state index is -5.08. The monoisotopic (exact) mass is 587 g/mol. The minimum absolute atomic E-state index is 0.321. The molecule has 1 aliphatic heterocycles. The van der Waals surface area contributed by atoms with E-state index in [1.54, 1.807) is 0 Å². The summed E-state index contributed by atoms with van der Waals surface area (Å²) in [6, 6.07) is -2.23. The first-order valence-electron chi connectivity index (χ1n) is 12.1. The van der Waals surface area contributed by atoms with E-state index in [-0.39, 0.29) is 0 Å². The molecule has 230 valence electrons. The number of aliphatic hydroxyl groups is 2. The van der Waals surface area contributed by atoms with Gasteiger partial charge in [-0.15, -0.1) is 0 Å². The summed E-state index contributed by atoms with van der Waals surface area (Å²) in [5.41, 5.74) is 10.9. The molecule has 18 heteroatoms. The van der Waals surface area contributed by atoms with E-state index >= 15 is 0 Å². The molecule has 40 heavy (non-hydrogen) atoms. The summed E-state index contributed by atoms with van der Waals surface area (Å²) in [5, 5.41) is 41.4. The highest BCUT2D eigenvalue weighted by atomic mass is 19.4. The van der Waals surface area contributed by atoms with E-state index in [9.17, 15) is 42.9 Å². The number of amides is 2. The van der Waals surface area contributed by atoms with Gasteiger partial charge < -0.3 is 52.0 Å². The number of ether oxygens (including phenoxy) is 2. The molecule has 0 aromatic heterocycles. The molecule has 5 atom stereocenters. The normalized spacial score (nSPS) is 19.8. The van der Waals surface area contributed by atoms with E-state index in [0.29, 0.717) is 6.54 Å². The lowest BCUT2D eigenvalue weighted by Gasteiger charge is -2.39. The van der Waals surface area contributed by atoms with Crippen LogP contribution in [0.3, 0.4) is 0 Å². The van der Waals surface area contributed by atoms with Crippen molar-refractivity contribution in [1.29, 1.82) is 0 Å². The highest BCUT2D eigenvalue weighted by Gasteiger charge is 2.46. The van der Waals surface area contributed by atoms with Crippen molar-refractivity contribution < 1.29 is 62.2 Å². The molecule has 0 fully saturated rings. The number of carboxylic acids is 2. The van der Waals surface area contributed by atoms with Crippen LogP contribution in [0.25, 0.3) is 0 Å². The van der Waals surface area contributed by atoms with Crippen LogP contribution in [-0.2, 0) is 23.9 Å². The molecule has 0 saturated carbocycles. The molecule has 15 nitrogen and oxygen atoms in total. The molecule has 2 unspecified atom stereocenters. The second-order valence-corrected chi connectivity index (χ2v) is 8.45. The maximum absolute atomic E-state index is 12.3. The molecule has 0 aromatic carbocycles. The largest absolute Gasteiger partial charge is 0.490 e. The third kappa shape index (κ3) is 13.8. The summed E-state index contributed by atoms with van der Waals surface area (Å²) in [7, 11) is 0. The standard InChI is InChI=1S/C20H35N5O8.C2HF3O2/c1-3-4-5-6-7-8-23-20(31)33-16(13(28)10-26)17-15(24-11(2)27)12(25-19(21)22)9-14(32-17)18(29)30;3-2(4,5)1(6)7/h9,12-13,15-17,26,28H,3-8,10H2,1-2H3,(H,23,31)(H,24,27)(H,29,30)(H4,21,22,25);(H,6,7)/t12-,13?,15+,16?,17+;/m0./s1. The van der Waals surface area contributed by atoms with Gasteiger partial charge in [0.1, 0.15) is 6.10 Å². The maximum Gasteiger partial charge on any atom is 0.490 e. The number of aliphatic carboxylic acids is 2. The van der Waals surface area contributed by atoms with Crippen molar-refractivity contribution in [2.45, 2.75) is 82.5 Å². The van der Waals surface area contributed by atoms with Gasteiger partial charge in [-0.3, -0.25) is 4.79 Å². The van der Waals surface area contributed by atoms with Gasteiger partial charge in [0.05, 0.1) is 18.7 Å². The molecule has 0 radical (unpaired) electrons. The Morgan fingerprint density at radius 1 is 1.15 bits per heavy atom. The molecular weight excluding hydrogens is 551 g/mol. The van der Waals surface area contributed by atoms with Gasteiger partial charge in [0.2, 0.25) is 11.7 Å². The van der Waals surface area contributed by atoms with Crippen molar-refractivity contribution in [3.05, 3.63) is 11.8 Å². The number of nitrogens with two attached hydrogens (primary N) is 2. The van der Waals surface area contributed by atoms with Crippen molar-refractivity contribution in [2.75, 3.05) is 13.2 Å². The highest BCUT2D eigenvalue weighted by Crippen LogP contribution is 2.26. The first-order valence-corrected chi connectivity index (χ1v) is 12.1. The Kier molecular flexibility index (Phi) is 16.0. The number of aliphatic hydroxyl groups excluding tert-OH is 2. The number of alkyl halides is 3. The molecule has 0 aliphatic carbocycles. The number of nitrogens with zero attached hydrogens (tertiary/aromatic N) is 1. The predicted octanol–water partition coefficient (Wildman–Crippen LogP) is -0.448. The molecule has 10 N–H and O–H groups in total. The zero-order valence-electron chi connectivity index (χ0n) is 21.9. The maximum atomic E-state index is 12.3. The van der Waals surface area contributed by atoms with Crippen LogP contribution in [0.4, 0.5) is 18.0 Å². The van der Waals surface area contributed by atoms with Crippen molar-refractivity contribution in [1.82, 2.24) is 10.6 Å². The van der Waals surface area contributed by atoms with Crippen LogP contribution in [0, 0.1) is 0 Å². The number of unbranched alkanes of at least 4 members (excludes halogenated alkanes) is 4. The van der Waals surface area contributed by atoms with Gasteiger partial charge in [0.25, 0.3) is 0 Å². The molecule has 1 aliphatic rings. The Bertz CT molecular complexity index is 912. The van der Waals surface area contributed by atoms with E-state index in [4.69, 9.17) is 30.8 Å². The van der Waals surface area contributed by atoms with Crippen molar-refractivity contribution >= 4 is 29.9 Å². The van der Waals surface area contributed by atoms with Gasteiger partial charge in [-0.25, -0.2) is 19.4 Å². The summed E-state index contributed by atoms with van der Waals surface area (Å²) in [6.45, 7) is 2.78. The fourth-order valence-corrected chi connectivity index (χ4v) is 3.35. The van der Waals surface area contributed by atoms with Crippen LogP contribution >= 0.6 is 0 Å². The van der Waals surface area contributed by atoms with Crippen LogP contribution in [0.2, 0.25) is 0 Å². The highest BCUT2D eigenvalue weighted by molar-refractivity contribution is 5.85. The summed E-state index contributed by atoms with van der Waals surface area (Å²) < 4.78 is 42.5. The Morgan fingerprint density at radius 2 is 1.73 bits per heavy atom. The lowest BCUT2D eigenvalue weighted by Crippen LogP contribution is -2.61. The van der Waals surface area contributed by atoms with Gasteiger partial charge in [-0.1, -0.05) is 32.6 Å².